The number of halogens is 1. The summed E-state index contributed by atoms with van der Waals surface area (Å²) in [4.78, 5) is 4.93. The minimum Gasteiger partial charge on any atom is -0.368 e. The second-order valence-corrected chi connectivity index (χ2v) is 2.40. The van der Waals surface area contributed by atoms with Crippen molar-refractivity contribution in [3.05, 3.63) is 0 Å². The van der Waals surface area contributed by atoms with Crippen LogP contribution in [0.4, 0.5) is 0 Å². The Labute approximate surface area is 74.2 Å². The smallest absolute Gasteiger partial charge is 0.224 e. The van der Waals surface area contributed by atoms with Crippen LogP contribution < -0.4 is 5.73 Å². The Balaban J connectivity index is 3.56. The highest BCUT2D eigenvalue weighted by Crippen LogP contribution is 2.02. The molecule has 11 heavy (non-hydrogen) atoms. The topological polar surface area (TPSA) is 71.6 Å². The molecule has 0 fully saturated rings. The van der Waals surface area contributed by atoms with Crippen LogP contribution in [0.3, 0.4) is 0 Å². The van der Waals surface area contributed by atoms with Crippen molar-refractivity contribution in [2.45, 2.75) is 20.1 Å². The van der Waals surface area contributed by atoms with Gasteiger partial charge < -0.3 is 10.5 Å². The summed E-state index contributed by atoms with van der Waals surface area (Å²) in [5, 5.41) is 6.90. The van der Waals surface area contributed by atoms with Gasteiger partial charge in [0.15, 0.2) is 6.29 Å². The predicted molar refractivity (Wildman–Crippen MR) is 44.9 cm³/mol. The molecule has 0 bridgehead atoms. The van der Waals surface area contributed by atoms with Crippen LogP contribution in [-0.2, 0) is 9.57 Å². The average Bonchev–Trinajstić information content (AvgIpc) is 1.87. The number of hydrogen-bond donors (Lipinski definition) is 2. The second-order valence-electron chi connectivity index (χ2n) is 1.76. The molecular formula is C5H12BrN3O2. The fraction of sp³-hybridized carbons (Fsp3) is 0.800. The van der Waals surface area contributed by atoms with Crippen LogP contribution in [0.2, 0.25) is 0 Å². The molecule has 0 saturated heterocycles. The summed E-state index contributed by atoms with van der Waals surface area (Å²) in [7, 11) is 0. The van der Waals surface area contributed by atoms with Gasteiger partial charge in [0.25, 0.3) is 0 Å². The first-order valence-corrected chi connectivity index (χ1v) is 3.87. The number of nitrogens with two attached hydrogens (primary N) is 1. The van der Waals surface area contributed by atoms with Crippen LogP contribution in [-0.4, -0.2) is 22.9 Å². The number of nitrogens with zero attached hydrogens (tertiary/aromatic N) is 1. The minimum absolute atomic E-state index is 0.225. The van der Waals surface area contributed by atoms with Crippen molar-refractivity contribution in [1.82, 2.24) is 4.09 Å². The summed E-state index contributed by atoms with van der Waals surface area (Å²) in [5.41, 5.74) is 5.06. The lowest BCUT2D eigenvalue weighted by Gasteiger charge is -2.18. The number of nitrogens with one attached hydrogen (secondary N) is 1. The van der Waals surface area contributed by atoms with E-state index in [-0.39, 0.29) is 5.96 Å². The van der Waals surface area contributed by atoms with Crippen LogP contribution in [0.5, 0.6) is 0 Å². The van der Waals surface area contributed by atoms with E-state index in [2.05, 4.69) is 16.1 Å². The molecule has 1 atom stereocenters. The van der Waals surface area contributed by atoms with Crippen LogP contribution in [0.15, 0.2) is 0 Å². The zero-order valence-corrected chi connectivity index (χ0v) is 8.09. The van der Waals surface area contributed by atoms with Gasteiger partial charge >= 0.3 is 0 Å². The Kier molecular flexibility index (Phi) is 5.18. The molecule has 6 heteroatoms. The summed E-state index contributed by atoms with van der Waals surface area (Å²) >= 11 is 2.89. The zero-order chi connectivity index (χ0) is 8.85. The molecule has 0 aromatic heterocycles. The first-order chi connectivity index (χ1) is 5.07. The third-order valence-corrected chi connectivity index (χ3v) is 1.38. The van der Waals surface area contributed by atoms with E-state index in [9.17, 15) is 0 Å². The lowest BCUT2D eigenvalue weighted by Crippen LogP contribution is -2.32. The Morgan fingerprint density at radius 1 is 1.82 bits per heavy atom. The molecule has 0 aliphatic heterocycles. The van der Waals surface area contributed by atoms with Gasteiger partial charge in [0.05, 0.1) is 16.1 Å². The number of ether oxygens (including phenoxy) is 1. The van der Waals surface area contributed by atoms with Crippen molar-refractivity contribution in [3.63, 3.8) is 0 Å². The highest BCUT2D eigenvalue weighted by molar-refractivity contribution is 9.07. The summed E-state index contributed by atoms with van der Waals surface area (Å²) in [6.07, 6.45) is -0.414. The molecule has 1 unspecified atom stereocenters. The van der Waals surface area contributed by atoms with Crippen molar-refractivity contribution in [2.75, 3.05) is 6.61 Å². The molecule has 0 aliphatic carbocycles. The van der Waals surface area contributed by atoms with E-state index in [4.69, 9.17) is 20.7 Å². The maximum atomic E-state index is 6.90. The molecule has 0 amide bonds. The maximum absolute atomic E-state index is 6.90. The molecule has 66 valence electrons. The van der Waals surface area contributed by atoms with Crippen LogP contribution in [0.1, 0.15) is 13.8 Å². The van der Waals surface area contributed by atoms with E-state index in [0.29, 0.717) is 6.61 Å². The Hall–Kier alpha value is -0.330. The fourth-order valence-electron chi connectivity index (χ4n) is 0.452. The first kappa shape index (κ1) is 10.7. The van der Waals surface area contributed by atoms with Crippen LogP contribution in [0, 0.1) is 5.41 Å². The number of guanidine groups is 1. The van der Waals surface area contributed by atoms with E-state index >= 15 is 0 Å². The van der Waals surface area contributed by atoms with Crippen LogP contribution in [0.25, 0.3) is 0 Å². The monoisotopic (exact) mass is 225 g/mol. The van der Waals surface area contributed by atoms with Crippen molar-refractivity contribution in [1.29, 1.82) is 5.41 Å². The normalized spacial score (nSPS) is 12.6. The van der Waals surface area contributed by atoms with Gasteiger partial charge in [0.1, 0.15) is 0 Å². The highest BCUT2D eigenvalue weighted by Gasteiger charge is 2.08. The van der Waals surface area contributed by atoms with Crippen molar-refractivity contribution >= 4 is 22.1 Å². The highest BCUT2D eigenvalue weighted by atomic mass is 79.9. The Morgan fingerprint density at radius 2 is 2.36 bits per heavy atom. The van der Waals surface area contributed by atoms with Gasteiger partial charge in [-0.25, -0.2) is 4.84 Å². The molecule has 5 nitrogen and oxygen atoms in total. The summed E-state index contributed by atoms with van der Waals surface area (Å²) in [6.45, 7) is 4.12. The van der Waals surface area contributed by atoms with E-state index in [1.165, 1.54) is 0 Å². The lowest BCUT2D eigenvalue weighted by atomic mass is 10.7. The largest absolute Gasteiger partial charge is 0.368 e. The average molecular weight is 226 g/mol. The third-order valence-electron chi connectivity index (χ3n) is 0.832. The van der Waals surface area contributed by atoms with E-state index in [1.807, 2.05) is 6.92 Å². The van der Waals surface area contributed by atoms with Crippen molar-refractivity contribution in [2.24, 2.45) is 5.73 Å². The maximum Gasteiger partial charge on any atom is 0.224 e. The Morgan fingerprint density at radius 3 is 2.73 bits per heavy atom. The number of rotatable bonds is 4. The van der Waals surface area contributed by atoms with Gasteiger partial charge in [-0.15, -0.1) is 4.09 Å². The standard InChI is InChI=1S/C5H12BrN3O2/c1-3-10-4(2)11-9(6)5(7)8/h4H,3H2,1-2H3,(H3,7,8). The van der Waals surface area contributed by atoms with Crippen molar-refractivity contribution in [3.8, 4) is 0 Å². The molecule has 0 spiro atoms. The summed E-state index contributed by atoms with van der Waals surface area (Å²) in [5.74, 6) is -0.225. The number of hydroxylamine groups is 1. The molecule has 0 rings (SSSR count). The van der Waals surface area contributed by atoms with Gasteiger partial charge in [-0.05, 0) is 13.8 Å². The first-order valence-electron chi connectivity index (χ1n) is 3.16. The quantitative estimate of drug-likeness (QED) is 0.244. The summed E-state index contributed by atoms with van der Waals surface area (Å²) in [6, 6.07) is 0. The molecule has 0 aliphatic rings. The van der Waals surface area contributed by atoms with E-state index < -0.39 is 6.29 Å². The Bertz CT molecular complexity index is 133. The van der Waals surface area contributed by atoms with Gasteiger partial charge in [-0.2, -0.15) is 0 Å². The molecule has 3 N–H and O–H groups in total. The molecular weight excluding hydrogens is 214 g/mol. The second kappa shape index (κ2) is 5.34. The van der Waals surface area contributed by atoms with Gasteiger partial charge in [-0.1, -0.05) is 0 Å². The summed E-state index contributed by atoms with van der Waals surface area (Å²) < 4.78 is 5.98. The van der Waals surface area contributed by atoms with Gasteiger partial charge in [0.2, 0.25) is 5.96 Å². The predicted octanol–water partition coefficient (Wildman–Crippen LogP) is 0.806. The van der Waals surface area contributed by atoms with Gasteiger partial charge in [-0.3, -0.25) is 5.41 Å². The fourth-order valence-corrected chi connectivity index (χ4v) is 0.688. The molecule has 0 heterocycles. The molecule has 0 saturated carbocycles. The molecule has 0 aromatic rings. The number of hydrogen-bond acceptors (Lipinski definition) is 3. The van der Waals surface area contributed by atoms with Gasteiger partial charge in [0, 0.05) is 6.61 Å². The minimum atomic E-state index is -0.414. The zero-order valence-electron chi connectivity index (χ0n) is 6.50. The van der Waals surface area contributed by atoms with E-state index in [1.54, 1.807) is 6.92 Å². The van der Waals surface area contributed by atoms with Crippen LogP contribution >= 0.6 is 16.1 Å². The molecule has 0 aromatic carbocycles. The molecule has 0 radical (unpaired) electrons. The SMILES string of the molecule is CCOC(C)ON(Br)C(=N)N. The lowest BCUT2D eigenvalue weighted by molar-refractivity contribution is -0.196. The third kappa shape index (κ3) is 5.00. The van der Waals surface area contributed by atoms with Crippen molar-refractivity contribution < 1.29 is 9.57 Å². The van der Waals surface area contributed by atoms with E-state index in [0.717, 1.165) is 4.09 Å².